The summed E-state index contributed by atoms with van der Waals surface area (Å²) in [6.45, 7) is 8.26. The van der Waals surface area contributed by atoms with Gasteiger partial charge in [0.2, 0.25) is 5.91 Å². The highest BCUT2D eigenvalue weighted by atomic mass is 19.1. The molecule has 2 aliphatic rings. The van der Waals surface area contributed by atoms with Crippen LogP contribution in [0.1, 0.15) is 20.8 Å². The Labute approximate surface area is 210 Å². The number of aldehydes is 1. The zero-order valence-electron chi connectivity index (χ0n) is 21.4. The van der Waals surface area contributed by atoms with Crippen molar-refractivity contribution in [1.82, 2.24) is 24.9 Å². The Morgan fingerprint density at radius 1 is 1.00 bits per heavy atom. The lowest BCUT2D eigenvalue weighted by Crippen LogP contribution is -2.45. The van der Waals surface area contributed by atoms with Crippen LogP contribution in [0, 0.1) is 4.91 Å². The maximum Gasteiger partial charge on any atom is 0.317 e. The SMILES string of the molecule is CC.CC1=C(F)C(=O)N(CCNC(=O)CN2CCN(CC=O)CCN(CC(=O)O)CC2)C1=O.CN=O. The molecule has 1 saturated heterocycles. The summed E-state index contributed by atoms with van der Waals surface area (Å²) in [7, 11) is 1.19. The molecule has 0 spiro atoms. The molecule has 0 atom stereocenters. The van der Waals surface area contributed by atoms with E-state index in [1.165, 1.54) is 14.0 Å². The summed E-state index contributed by atoms with van der Waals surface area (Å²) in [6.07, 6.45) is 0.789. The van der Waals surface area contributed by atoms with Gasteiger partial charge in [0.1, 0.15) is 6.29 Å². The summed E-state index contributed by atoms with van der Waals surface area (Å²) in [5.41, 5.74) is -0.237. The van der Waals surface area contributed by atoms with Gasteiger partial charge in [0.15, 0.2) is 5.83 Å². The van der Waals surface area contributed by atoms with Crippen molar-refractivity contribution in [2.24, 2.45) is 5.18 Å². The molecule has 204 valence electrons. The lowest BCUT2D eigenvalue weighted by molar-refractivity contribution is -0.139. The number of hydrogen-bond acceptors (Lipinski definition) is 10. The second-order valence-electron chi connectivity index (χ2n) is 7.65. The minimum Gasteiger partial charge on any atom is -0.480 e. The molecule has 13 nitrogen and oxygen atoms in total. The molecule has 0 radical (unpaired) electrons. The average molecular weight is 517 g/mol. The largest absolute Gasteiger partial charge is 0.480 e. The fourth-order valence-corrected chi connectivity index (χ4v) is 3.42. The molecule has 2 rings (SSSR count). The molecular weight excluding hydrogens is 479 g/mol. The Bertz CT molecular complexity index is 784. The maximum atomic E-state index is 13.5. The van der Waals surface area contributed by atoms with Crippen molar-refractivity contribution in [3.8, 4) is 0 Å². The number of halogens is 1. The van der Waals surface area contributed by atoms with Gasteiger partial charge < -0.3 is 15.2 Å². The van der Waals surface area contributed by atoms with Crippen molar-refractivity contribution >= 4 is 30.0 Å². The topological polar surface area (TPSA) is 160 Å². The molecule has 0 aromatic carbocycles. The van der Waals surface area contributed by atoms with Crippen molar-refractivity contribution in [2.45, 2.75) is 20.8 Å². The first-order chi connectivity index (χ1) is 17.1. The molecule has 0 bridgehead atoms. The summed E-state index contributed by atoms with van der Waals surface area (Å²) in [6, 6.07) is 0. The van der Waals surface area contributed by atoms with Crippen LogP contribution in [0.25, 0.3) is 0 Å². The molecule has 14 heteroatoms. The van der Waals surface area contributed by atoms with Crippen molar-refractivity contribution in [1.29, 1.82) is 0 Å². The number of imide groups is 1. The molecule has 0 saturated carbocycles. The number of nitrogens with one attached hydrogen (secondary N) is 1. The van der Waals surface area contributed by atoms with Crippen molar-refractivity contribution < 1.29 is 33.5 Å². The Balaban J connectivity index is 0.00000227. The Kier molecular flexibility index (Phi) is 16.6. The Morgan fingerprint density at radius 3 is 1.89 bits per heavy atom. The molecular formula is C22H37FN6O7. The van der Waals surface area contributed by atoms with Gasteiger partial charge >= 0.3 is 5.97 Å². The fourth-order valence-electron chi connectivity index (χ4n) is 3.42. The molecule has 0 aliphatic carbocycles. The molecule has 1 fully saturated rings. The highest BCUT2D eigenvalue weighted by Crippen LogP contribution is 2.20. The normalized spacial score (nSPS) is 17.6. The van der Waals surface area contributed by atoms with Crippen LogP contribution in [0.15, 0.2) is 16.6 Å². The Morgan fingerprint density at radius 2 is 1.47 bits per heavy atom. The average Bonchev–Trinajstić information content (AvgIpc) is 3.07. The highest BCUT2D eigenvalue weighted by Gasteiger charge is 2.36. The lowest BCUT2D eigenvalue weighted by atomic mass is 10.3. The van der Waals surface area contributed by atoms with Gasteiger partial charge in [-0.1, -0.05) is 19.0 Å². The van der Waals surface area contributed by atoms with E-state index >= 15 is 0 Å². The standard InChI is InChI=1S/C19H28FN5O6.C2H6.CH3NO/c1-14-17(20)19(31)25(18(14)30)3-2-21-15(27)12-23-6-4-22(10-11-26)5-7-24(9-8-23)13-16(28)29;1-2;1-2-3/h11H,2-10,12-13H2,1H3,(H,21,27)(H,28,29);1-2H3;1H3. The molecule has 0 unspecified atom stereocenters. The lowest BCUT2D eigenvalue weighted by Gasteiger charge is -2.24. The number of nitrogens with zero attached hydrogens (tertiary/aromatic N) is 5. The van der Waals surface area contributed by atoms with E-state index in [9.17, 15) is 28.4 Å². The van der Waals surface area contributed by atoms with Crippen LogP contribution in [0.2, 0.25) is 0 Å². The van der Waals surface area contributed by atoms with Crippen molar-refractivity contribution in [3.05, 3.63) is 16.3 Å². The van der Waals surface area contributed by atoms with E-state index in [0.717, 1.165) is 11.2 Å². The predicted octanol–water partition coefficient (Wildman–Crippen LogP) is -0.673. The molecule has 3 amide bonds. The number of amides is 3. The number of carbonyl (C=O) groups is 5. The van der Waals surface area contributed by atoms with Crippen LogP contribution < -0.4 is 5.32 Å². The zero-order valence-corrected chi connectivity index (χ0v) is 21.4. The van der Waals surface area contributed by atoms with E-state index in [4.69, 9.17) is 10.0 Å². The van der Waals surface area contributed by atoms with Crippen LogP contribution in [-0.2, 0) is 24.0 Å². The van der Waals surface area contributed by atoms with E-state index in [2.05, 4.69) is 10.5 Å². The van der Waals surface area contributed by atoms with Crippen LogP contribution in [0.5, 0.6) is 0 Å². The number of hydrogen-bond donors (Lipinski definition) is 2. The summed E-state index contributed by atoms with van der Waals surface area (Å²) in [4.78, 5) is 72.6. The number of carbonyl (C=O) groups excluding carboxylic acids is 4. The minimum absolute atomic E-state index is 0.00683. The van der Waals surface area contributed by atoms with Crippen molar-refractivity contribution in [2.75, 3.05) is 79.0 Å². The van der Waals surface area contributed by atoms with Gasteiger partial charge in [-0.05, 0) is 6.92 Å². The van der Waals surface area contributed by atoms with E-state index in [1.54, 1.807) is 4.90 Å². The summed E-state index contributed by atoms with van der Waals surface area (Å²) in [5, 5.41) is 13.9. The summed E-state index contributed by atoms with van der Waals surface area (Å²) in [5.74, 6) is -4.05. The van der Waals surface area contributed by atoms with Gasteiger partial charge in [-0.3, -0.25) is 38.8 Å². The third kappa shape index (κ3) is 11.6. The van der Waals surface area contributed by atoms with Gasteiger partial charge in [-0.25, -0.2) is 4.39 Å². The number of carboxylic acids is 1. The number of rotatable bonds is 9. The molecule has 0 aromatic rings. The van der Waals surface area contributed by atoms with E-state index in [0.29, 0.717) is 39.3 Å². The van der Waals surface area contributed by atoms with Gasteiger partial charge in [-0.15, -0.1) is 0 Å². The summed E-state index contributed by atoms with van der Waals surface area (Å²) < 4.78 is 13.5. The maximum absolute atomic E-state index is 13.5. The van der Waals surface area contributed by atoms with Gasteiger partial charge in [0.25, 0.3) is 11.8 Å². The molecule has 2 heterocycles. The molecule has 2 N–H and O–H groups in total. The molecule has 36 heavy (non-hydrogen) atoms. The third-order valence-electron chi connectivity index (χ3n) is 5.24. The van der Waals surface area contributed by atoms with Crippen molar-refractivity contribution in [3.63, 3.8) is 0 Å². The van der Waals surface area contributed by atoms with Gasteiger partial charge in [0.05, 0.1) is 32.3 Å². The second kappa shape index (κ2) is 18.2. The third-order valence-corrected chi connectivity index (χ3v) is 5.24. The van der Waals surface area contributed by atoms with Gasteiger partial charge in [0, 0.05) is 52.4 Å². The van der Waals surface area contributed by atoms with Crippen LogP contribution in [0.3, 0.4) is 0 Å². The van der Waals surface area contributed by atoms with Crippen LogP contribution in [0.4, 0.5) is 4.39 Å². The minimum atomic E-state index is -1.07. The summed E-state index contributed by atoms with van der Waals surface area (Å²) >= 11 is 0. The second-order valence-corrected chi connectivity index (χ2v) is 7.65. The highest BCUT2D eigenvalue weighted by molar-refractivity contribution is 6.17. The first-order valence-electron chi connectivity index (χ1n) is 11.7. The number of nitroso groups, excluding NO2 is 1. The van der Waals surface area contributed by atoms with Crippen LogP contribution in [-0.4, -0.2) is 134 Å². The smallest absolute Gasteiger partial charge is 0.317 e. The first-order valence-corrected chi connectivity index (χ1v) is 11.7. The zero-order chi connectivity index (χ0) is 27.7. The number of carboxylic acid groups (broad SMARTS) is 1. The monoisotopic (exact) mass is 516 g/mol. The Hall–Kier alpha value is -3.10. The number of aliphatic carboxylic acids is 1. The molecule has 0 aromatic heterocycles. The fraction of sp³-hybridized carbons (Fsp3) is 0.682. The van der Waals surface area contributed by atoms with Gasteiger partial charge in [-0.2, -0.15) is 4.91 Å². The first kappa shape index (κ1) is 32.9. The van der Waals surface area contributed by atoms with E-state index in [1.807, 2.05) is 23.6 Å². The molecule has 2 aliphatic heterocycles. The predicted molar refractivity (Wildman–Crippen MR) is 130 cm³/mol. The van der Waals surface area contributed by atoms with E-state index < -0.39 is 23.6 Å². The van der Waals surface area contributed by atoms with E-state index in [-0.39, 0.29) is 44.2 Å². The van der Waals surface area contributed by atoms with Crippen LogP contribution >= 0.6 is 0 Å². The quantitative estimate of drug-likeness (QED) is 0.228.